The Hall–Kier alpha value is -0.320. The van der Waals surface area contributed by atoms with Crippen molar-refractivity contribution in [1.29, 1.82) is 0 Å². The Morgan fingerprint density at radius 3 is 2.29 bits per heavy atom. The first-order valence-electron chi connectivity index (χ1n) is 7.51. The van der Waals surface area contributed by atoms with E-state index in [1.54, 1.807) is 0 Å². The van der Waals surface area contributed by atoms with E-state index in [0.29, 0.717) is 6.04 Å². The molecule has 0 unspecified atom stereocenters. The van der Waals surface area contributed by atoms with Gasteiger partial charge in [-0.3, -0.25) is 4.90 Å². The van der Waals surface area contributed by atoms with E-state index in [9.17, 15) is 0 Å². The molecule has 1 aromatic rings. The molecule has 1 spiro atoms. The molecular weight excluding hydrogens is 309 g/mol. The van der Waals surface area contributed by atoms with Gasteiger partial charge in [0.05, 0.1) is 13.2 Å². The van der Waals surface area contributed by atoms with E-state index < -0.39 is 0 Å². The summed E-state index contributed by atoms with van der Waals surface area (Å²) >= 11 is 12.5. The van der Waals surface area contributed by atoms with Crippen LogP contribution in [0, 0.1) is 0 Å². The van der Waals surface area contributed by atoms with Crippen LogP contribution >= 0.6 is 23.2 Å². The highest BCUT2D eigenvalue weighted by molar-refractivity contribution is 6.35. The highest BCUT2D eigenvalue weighted by Crippen LogP contribution is 2.37. The number of rotatable bonds is 3. The smallest absolute Gasteiger partial charge is 0.168 e. The monoisotopic (exact) mass is 329 g/mol. The van der Waals surface area contributed by atoms with Crippen LogP contribution in [0.25, 0.3) is 0 Å². The summed E-state index contributed by atoms with van der Waals surface area (Å²) in [5.74, 6) is -0.292. The molecule has 5 heteroatoms. The van der Waals surface area contributed by atoms with Gasteiger partial charge >= 0.3 is 0 Å². The van der Waals surface area contributed by atoms with Gasteiger partial charge in [-0.25, -0.2) is 0 Å². The number of hydrogen-bond acceptors (Lipinski definition) is 3. The Kier molecular flexibility index (Phi) is 4.77. The molecule has 0 aromatic heterocycles. The Labute approximate surface area is 136 Å². The number of hydrogen-bond donors (Lipinski definition) is 0. The minimum Gasteiger partial charge on any atom is -0.348 e. The molecule has 1 aromatic carbocycles. The van der Waals surface area contributed by atoms with E-state index in [1.165, 1.54) is 0 Å². The lowest BCUT2D eigenvalue weighted by Crippen LogP contribution is -2.42. The number of benzene rings is 1. The third-order valence-corrected chi connectivity index (χ3v) is 5.33. The second-order valence-electron chi connectivity index (χ2n) is 5.95. The Morgan fingerprint density at radius 1 is 1.14 bits per heavy atom. The maximum atomic E-state index is 6.26. The van der Waals surface area contributed by atoms with Gasteiger partial charge in [0.25, 0.3) is 0 Å². The third kappa shape index (κ3) is 3.38. The summed E-state index contributed by atoms with van der Waals surface area (Å²) in [7, 11) is 2.14. The summed E-state index contributed by atoms with van der Waals surface area (Å²) in [6.45, 7) is 2.24. The van der Waals surface area contributed by atoms with Crippen LogP contribution in [0.15, 0.2) is 18.2 Å². The zero-order valence-corrected chi connectivity index (χ0v) is 13.8. The zero-order chi connectivity index (χ0) is 14.9. The predicted molar refractivity (Wildman–Crippen MR) is 84.8 cm³/mol. The lowest BCUT2D eigenvalue weighted by atomic mass is 9.89. The zero-order valence-electron chi connectivity index (χ0n) is 12.3. The van der Waals surface area contributed by atoms with Crippen molar-refractivity contribution < 1.29 is 9.47 Å². The van der Waals surface area contributed by atoms with Crippen molar-refractivity contribution >= 4 is 23.2 Å². The van der Waals surface area contributed by atoms with Gasteiger partial charge in [0.1, 0.15) is 0 Å². The van der Waals surface area contributed by atoms with Crippen molar-refractivity contribution in [2.24, 2.45) is 0 Å². The van der Waals surface area contributed by atoms with Crippen molar-refractivity contribution in [1.82, 2.24) is 4.90 Å². The first-order valence-corrected chi connectivity index (χ1v) is 8.26. The van der Waals surface area contributed by atoms with Gasteiger partial charge in [-0.05, 0) is 32.0 Å². The van der Waals surface area contributed by atoms with Crippen molar-refractivity contribution in [2.75, 3.05) is 20.3 Å². The number of nitrogens with zero attached hydrogens (tertiary/aromatic N) is 1. The van der Waals surface area contributed by atoms with E-state index in [4.69, 9.17) is 32.7 Å². The summed E-state index contributed by atoms with van der Waals surface area (Å²) in [5, 5.41) is 1.48. The maximum absolute atomic E-state index is 6.26. The lowest BCUT2D eigenvalue weighted by Gasteiger charge is -2.39. The van der Waals surface area contributed by atoms with Crippen LogP contribution in [0.5, 0.6) is 0 Å². The maximum Gasteiger partial charge on any atom is 0.168 e. The van der Waals surface area contributed by atoms with Gasteiger partial charge in [-0.2, -0.15) is 0 Å². The molecule has 0 radical (unpaired) electrons. The summed E-state index contributed by atoms with van der Waals surface area (Å²) < 4.78 is 11.6. The fraction of sp³-hybridized carbons (Fsp3) is 0.625. The fourth-order valence-electron chi connectivity index (χ4n) is 3.33. The highest BCUT2D eigenvalue weighted by atomic mass is 35.5. The topological polar surface area (TPSA) is 21.7 Å². The van der Waals surface area contributed by atoms with Crippen LogP contribution in [-0.2, 0) is 16.0 Å². The minimum atomic E-state index is -0.292. The van der Waals surface area contributed by atoms with E-state index in [-0.39, 0.29) is 5.79 Å². The second kappa shape index (κ2) is 6.43. The summed E-state index contributed by atoms with van der Waals surface area (Å²) in [6.07, 6.45) is 4.10. The predicted octanol–water partition coefficient (Wildman–Crippen LogP) is 4.11. The molecule has 2 fully saturated rings. The highest BCUT2D eigenvalue weighted by Gasteiger charge is 2.41. The Bertz CT molecular complexity index is 473. The lowest BCUT2D eigenvalue weighted by molar-refractivity contribution is -0.183. The van der Waals surface area contributed by atoms with E-state index >= 15 is 0 Å². The van der Waals surface area contributed by atoms with Gasteiger partial charge in [0, 0.05) is 41.0 Å². The quantitative estimate of drug-likeness (QED) is 0.832. The van der Waals surface area contributed by atoms with Crippen LogP contribution in [0.4, 0.5) is 0 Å². The molecule has 1 aliphatic heterocycles. The van der Waals surface area contributed by atoms with Crippen molar-refractivity contribution in [2.45, 2.75) is 44.1 Å². The normalized spacial score (nSPS) is 22.3. The largest absolute Gasteiger partial charge is 0.348 e. The molecule has 21 heavy (non-hydrogen) atoms. The van der Waals surface area contributed by atoms with Crippen LogP contribution < -0.4 is 0 Å². The molecule has 0 amide bonds. The molecule has 1 saturated heterocycles. The van der Waals surface area contributed by atoms with E-state index in [1.807, 2.05) is 18.2 Å². The minimum absolute atomic E-state index is 0.292. The second-order valence-corrected chi connectivity index (χ2v) is 6.77. The van der Waals surface area contributed by atoms with Crippen molar-refractivity contribution in [3.63, 3.8) is 0 Å². The third-order valence-electron chi connectivity index (χ3n) is 4.62. The standard InChI is InChI=1S/C16H21Cl2NO2/c1-19(11-13-14(17)3-2-4-15(13)18)12-5-7-16(8-6-12)20-9-10-21-16/h2-4,12H,5-11H2,1H3. The molecule has 3 rings (SSSR count). The molecule has 1 aliphatic carbocycles. The molecule has 0 bridgehead atoms. The van der Waals surface area contributed by atoms with Crippen LogP contribution in [0.2, 0.25) is 10.0 Å². The van der Waals surface area contributed by atoms with Gasteiger partial charge in [-0.15, -0.1) is 0 Å². The van der Waals surface area contributed by atoms with Crippen LogP contribution in [0.3, 0.4) is 0 Å². The first-order chi connectivity index (χ1) is 10.1. The Balaban J connectivity index is 1.60. The summed E-state index contributed by atoms with van der Waals surface area (Å²) in [5.41, 5.74) is 1.01. The molecule has 116 valence electrons. The fourth-order valence-corrected chi connectivity index (χ4v) is 3.85. The molecule has 3 nitrogen and oxygen atoms in total. The van der Waals surface area contributed by atoms with Crippen LogP contribution in [-0.4, -0.2) is 37.0 Å². The summed E-state index contributed by atoms with van der Waals surface area (Å²) in [4.78, 5) is 2.34. The molecule has 1 heterocycles. The van der Waals surface area contributed by atoms with E-state index in [0.717, 1.165) is 61.1 Å². The molecule has 0 N–H and O–H groups in total. The SMILES string of the molecule is CN(Cc1c(Cl)cccc1Cl)C1CCC2(CC1)OCCO2. The number of ether oxygens (including phenoxy) is 2. The Morgan fingerprint density at radius 2 is 1.71 bits per heavy atom. The average molecular weight is 330 g/mol. The molecular formula is C16H21Cl2NO2. The number of halogens is 2. The van der Waals surface area contributed by atoms with Crippen LogP contribution in [0.1, 0.15) is 31.2 Å². The molecule has 0 atom stereocenters. The first kappa shape index (κ1) is 15.6. The van der Waals surface area contributed by atoms with Gasteiger partial charge in [-0.1, -0.05) is 29.3 Å². The summed E-state index contributed by atoms with van der Waals surface area (Å²) in [6, 6.07) is 6.20. The van der Waals surface area contributed by atoms with Gasteiger partial charge in [0.2, 0.25) is 0 Å². The molecule has 1 saturated carbocycles. The van der Waals surface area contributed by atoms with Crippen molar-refractivity contribution in [3.8, 4) is 0 Å². The van der Waals surface area contributed by atoms with Crippen molar-refractivity contribution in [3.05, 3.63) is 33.8 Å². The molecule has 2 aliphatic rings. The van der Waals surface area contributed by atoms with E-state index in [2.05, 4.69) is 11.9 Å². The average Bonchev–Trinajstić information content (AvgIpc) is 2.92. The van der Waals surface area contributed by atoms with Gasteiger partial charge < -0.3 is 9.47 Å². The van der Waals surface area contributed by atoms with Gasteiger partial charge in [0.15, 0.2) is 5.79 Å².